The van der Waals surface area contributed by atoms with E-state index in [1.807, 2.05) is 0 Å². The lowest BCUT2D eigenvalue weighted by Crippen LogP contribution is -2.45. The Bertz CT molecular complexity index is 290. The highest BCUT2D eigenvalue weighted by molar-refractivity contribution is 5.67. The molecule has 0 aromatic carbocycles. The lowest BCUT2D eigenvalue weighted by atomic mass is 10.1. The molecule has 0 aromatic rings. The summed E-state index contributed by atoms with van der Waals surface area (Å²) in [5, 5.41) is 11.2. The molecule has 0 saturated heterocycles. The van der Waals surface area contributed by atoms with Gasteiger partial charge in [0.2, 0.25) is 0 Å². The number of carbonyl (C=O) groups is 1. The standard InChI is InChI=1S/C11H21F3N2O3/c1-10(2,3)19-9(18)16-6-4-5-7(15)8(17)11(12,13)14/h7-8,17H,4-6,15H2,1-3H3,(H,16,18)/t7-,8-/m0/s1. The minimum atomic E-state index is -4.72. The van der Waals surface area contributed by atoms with Crippen LogP contribution in [-0.4, -0.2) is 41.7 Å². The van der Waals surface area contributed by atoms with E-state index in [0.717, 1.165) is 0 Å². The van der Waals surface area contributed by atoms with Crippen LogP contribution in [0.3, 0.4) is 0 Å². The number of halogens is 3. The van der Waals surface area contributed by atoms with E-state index in [4.69, 9.17) is 15.6 Å². The van der Waals surface area contributed by atoms with Crippen molar-refractivity contribution in [3.63, 3.8) is 0 Å². The number of aliphatic hydroxyl groups excluding tert-OH is 1. The number of rotatable bonds is 5. The highest BCUT2D eigenvalue weighted by atomic mass is 19.4. The average molecular weight is 286 g/mol. The van der Waals surface area contributed by atoms with Gasteiger partial charge in [-0.2, -0.15) is 13.2 Å². The van der Waals surface area contributed by atoms with Gasteiger partial charge < -0.3 is 20.9 Å². The van der Waals surface area contributed by atoms with Crippen molar-refractivity contribution in [2.24, 2.45) is 5.73 Å². The Balaban J connectivity index is 3.84. The van der Waals surface area contributed by atoms with E-state index in [0.29, 0.717) is 0 Å². The molecule has 0 aliphatic rings. The van der Waals surface area contributed by atoms with Crippen LogP contribution >= 0.6 is 0 Å². The molecule has 0 spiro atoms. The number of alkyl halides is 3. The van der Waals surface area contributed by atoms with Crippen molar-refractivity contribution in [3.05, 3.63) is 0 Å². The summed E-state index contributed by atoms with van der Waals surface area (Å²) < 4.78 is 41.2. The minimum Gasteiger partial charge on any atom is -0.444 e. The Morgan fingerprint density at radius 3 is 2.32 bits per heavy atom. The number of hydrogen-bond acceptors (Lipinski definition) is 4. The quantitative estimate of drug-likeness (QED) is 0.669. The number of amides is 1. The summed E-state index contributed by atoms with van der Waals surface area (Å²) in [6.45, 7) is 5.22. The predicted molar refractivity (Wildman–Crippen MR) is 63.5 cm³/mol. The van der Waals surface area contributed by atoms with Crippen molar-refractivity contribution < 1.29 is 27.8 Å². The van der Waals surface area contributed by atoms with E-state index >= 15 is 0 Å². The molecule has 0 heterocycles. The number of aliphatic hydroxyl groups is 1. The lowest BCUT2D eigenvalue weighted by Gasteiger charge is -2.22. The summed E-state index contributed by atoms with van der Waals surface area (Å²) in [6.07, 6.45) is -7.76. The third-order valence-corrected chi connectivity index (χ3v) is 2.12. The predicted octanol–water partition coefficient (Wildman–Crippen LogP) is 1.54. The second kappa shape index (κ2) is 6.95. The minimum absolute atomic E-state index is 0.0591. The van der Waals surface area contributed by atoms with Gasteiger partial charge >= 0.3 is 12.3 Å². The van der Waals surface area contributed by atoms with Gasteiger partial charge in [-0.25, -0.2) is 4.79 Å². The van der Waals surface area contributed by atoms with Crippen molar-refractivity contribution in [3.8, 4) is 0 Å². The number of nitrogens with one attached hydrogen (secondary N) is 1. The second-order valence-corrected chi connectivity index (χ2v) is 5.22. The maximum Gasteiger partial charge on any atom is 0.415 e. The largest absolute Gasteiger partial charge is 0.444 e. The molecule has 0 aliphatic heterocycles. The molecule has 0 aliphatic carbocycles. The van der Waals surface area contributed by atoms with E-state index in [2.05, 4.69) is 5.32 Å². The summed E-state index contributed by atoms with van der Waals surface area (Å²) in [5.74, 6) is 0. The van der Waals surface area contributed by atoms with Crippen LogP contribution in [0.15, 0.2) is 0 Å². The molecule has 0 fully saturated rings. The number of hydrogen-bond donors (Lipinski definition) is 3. The van der Waals surface area contributed by atoms with Crippen molar-refractivity contribution in [2.75, 3.05) is 6.54 Å². The van der Waals surface area contributed by atoms with Gasteiger partial charge in [-0.15, -0.1) is 0 Å². The molecule has 0 saturated carbocycles. The fraction of sp³-hybridized carbons (Fsp3) is 0.909. The average Bonchev–Trinajstić information content (AvgIpc) is 2.19. The summed E-state index contributed by atoms with van der Waals surface area (Å²) in [7, 11) is 0. The highest BCUT2D eigenvalue weighted by Gasteiger charge is 2.41. The van der Waals surface area contributed by atoms with Crippen LogP contribution in [0.2, 0.25) is 0 Å². The van der Waals surface area contributed by atoms with Crippen molar-refractivity contribution in [1.29, 1.82) is 0 Å². The van der Waals surface area contributed by atoms with E-state index in [9.17, 15) is 18.0 Å². The van der Waals surface area contributed by atoms with Crippen molar-refractivity contribution in [1.82, 2.24) is 5.32 Å². The van der Waals surface area contributed by atoms with Crippen LogP contribution in [0.5, 0.6) is 0 Å². The zero-order valence-corrected chi connectivity index (χ0v) is 11.3. The molecule has 0 radical (unpaired) electrons. The zero-order valence-electron chi connectivity index (χ0n) is 11.3. The molecule has 114 valence electrons. The fourth-order valence-corrected chi connectivity index (χ4v) is 1.24. The Morgan fingerprint density at radius 1 is 1.37 bits per heavy atom. The molecule has 1 amide bonds. The van der Waals surface area contributed by atoms with Gasteiger partial charge in [0, 0.05) is 12.6 Å². The number of alkyl carbamates (subject to hydrolysis) is 1. The third-order valence-electron chi connectivity index (χ3n) is 2.12. The van der Waals surface area contributed by atoms with Gasteiger partial charge in [-0.1, -0.05) is 0 Å². The first-order chi connectivity index (χ1) is 8.43. The Labute approximate surface area is 110 Å². The van der Waals surface area contributed by atoms with Gasteiger partial charge in [0.15, 0.2) is 6.10 Å². The molecule has 0 unspecified atom stereocenters. The van der Waals surface area contributed by atoms with Crippen molar-refractivity contribution in [2.45, 2.75) is 57.5 Å². The maximum atomic E-state index is 12.1. The van der Waals surface area contributed by atoms with E-state index in [1.54, 1.807) is 20.8 Å². The second-order valence-electron chi connectivity index (χ2n) is 5.22. The van der Waals surface area contributed by atoms with Crippen LogP contribution in [0.4, 0.5) is 18.0 Å². The molecule has 8 heteroatoms. The van der Waals surface area contributed by atoms with Gasteiger partial charge in [-0.05, 0) is 33.6 Å². The van der Waals surface area contributed by atoms with Crippen LogP contribution in [-0.2, 0) is 4.74 Å². The molecular formula is C11H21F3N2O3. The molecule has 5 nitrogen and oxygen atoms in total. The normalized spacial score (nSPS) is 15.8. The van der Waals surface area contributed by atoms with Gasteiger partial charge in [-0.3, -0.25) is 0 Å². The van der Waals surface area contributed by atoms with Gasteiger partial charge in [0.1, 0.15) is 5.60 Å². The highest BCUT2D eigenvalue weighted by Crippen LogP contribution is 2.23. The smallest absolute Gasteiger partial charge is 0.415 e. The number of nitrogens with two attached hydrogens (primary N) is 1. The first kappa shape index (κ1) is 18.0. The summed E-state index contributed by atoms with van der Waals surface area (Å²) in [5.41, 5.74) is 4.58. The van der Waals surface area contributed by atoms with Gasteiger partial charge in [0.25, 0.3) is 0 Å². The lowest BCUT2D eigenvalue weighted by molar-refractivity contribution is -0.209. The molecular weight excluding hydrogens is 265 g/mol. The Hall–Kier alpha value is -1.02. The molecule has 4 N–H and O–H groups in total. The summed E-state index contributed by atoms with van der Waals surface area (Å²) >= 11 is 0. The number of ether oxygens (including phenoxy) is 1. The van der Waals surface area contributed by atoms with Crippen LogP contribution in [0.25, 0.3) is 0 Å². The monoisotopic (exact) mass is 286 g/mol. The van der Waals surface area contributed by atoms with Gasteiger partial charge in [0.05, 0.1) is 0 Å². The van der Waals surface area contributed by atoms with Crippen LogP contribution < -0.4 is 11.1 Å². The van der Waals surface area contributed by atoms with E-state index < -0.39 is 30.0 Å². The first-order valence-electron chi connectivity index (χ1n) is 5.90. The van der Waals surface area contributed by atoms with Crippen molar-refractivity contribution >= 4 is 6.09 Å². The van der Waals surface area contributed by atoms with E-state index in [-0.39, 0.29) is 19.4 Å². The Morgan fingerprint density at radius 2 is 1.89 bits per heavy atom. The van der Waals surface area contributed by atoms with E-state index in [1.165, 1.54) is 0 Å². The zero-order chi connectivity index (χ0) is 15.3. The maximum absolute atomic E-state index is 12.1. The van der Waals surface area contributed by atoms with Crippen LogP contribution in [0.1, 0.15) is 33.6 Å². The molecule has 0 rings (SSSR count). The summed E-state index contributed by atoms with van der Waals surface area (Å²) in [4.78, 5) is 11.2. The number of carbonyl (C=O) groups excluding carboxylic acids is 1. The summed E-state index contributed by atoms with van der Waals surface area (Å²) in [6, 6.07) is -1.40. The first-order valence-corrected chi connectivity index (χ1v) is 5.90. The molecule has 0 aromatic heterocycles. The molecule has 19 heavy (non-hydrogen) atoms. The van der Waals surface area contributed by atoms with Crippen LogP contribution in [0, 0.1) is 0 Å². The Kier molecular flexibility index (Phi) is 6.58. The molecule has 0 bridgehead atoms. The topological polar surface area (TPSA) is 84.6 Å². The SMILES string of the molecule is CC(C)(C)OC(=O)NCCC[C@H](N)[C@H](O)C(F)(F)F. The molecule has 2 atom stereocenters. The third kappa shape index (κ3) is 8.66. The fourth-order valence-electron chi connectivity index (χ4n) is 1.24.